The van der Waals surface area contributed by atoms with Crippen molar-refractivity contribution in [3.05, 3.63) is 77.4 Å². The van der Waals surface area contributed by atoms with Crippen molar-refractivity contribution in [3.63, 3.8) is 0 Å². The maximum Gasteiger partial charge on any atom is 0.230 e. The molecule has 1 atom stereocenters. The van der Waals surface area contributed by atoms with Crippen LogP contribution in [-0.4, -0.2) is 37.9 Å². The number of rotatable bonds is 8. The molecule has 0 unspecified atom stereocenters. The molecule has 1 fully saturated rings. The summed E-state index contributed by atoms with van der Waals surface area (Å²) in [6, 6.07) is 9.76. The first-order valence-electron chi connectivity index (χ1n) is 11.4. The van der Waals surface area contributed by atoms with Gasteiger partial charge in [-0.1, -0.05) is 18.2 Å². The first-order valence-corrected chi connectivity index (χ1v) is 13.3. The van der Waals surface area contributed by atoms with E-state index in [2.05, 4.69) is 9.71 Å². The fourth-order valence-electron chi connectivity index (χ4n) is 4.36. The molecule has 1 aliphatic rings. The third-order valence-corrected chi connectivity index (χ3v) is 6.67. The standard InChI is InChI=1S/C26H24F3N3O4S/c1-15-11-20(27)22(30-14-15)13-17(33)12-16-9-10-32(26(16)34)23-8-7-19(24(28)25(23)29)18-5-3-4-6-21(18)31-37(2,35)36/h3-8,11,14,16,31H,9-10,12-13H2,1-2H3/t16-/m0/s1. The Bertz CT molecular complexity index is 1490. The van der Waals surface area contributed by atoms with Gasteiger partial charge in [0.15, 0.2) is 11.6 Å². The van der Waals surface area contributed by atoms with E-state index in [4.69, 9.17) is 0 Å². The maximum atomic E-state index is 15.2. The molecule has 3 aromatic rings. The van der Waals surface area contributed by atoms with Crippen molar-refractivity contribution < 1.29 is 31.2 Å². The lowest BCUT2D eigenvalue weighted by molar-refractivity contribution is -0.125. The van der Waals surface area contributed by atoms with Gasteiger partial charge in [0.25, 0.3) is 0 Å². The van der Waals surface area contributed by atoms with Crippen LogP contribution in [0.25, 0.3) is 11.1 Å². The van der Waals surface area contributed by atoms with E-state index in [1.54, 1.807) is 19.1 Å². The number of hydrogen-bond acceptors (Lipinski definition) is 5. The van der Waals surface area contributed by atoms with E-state index in [1.165, 1.54) is 36.5 Å². The Kier molecular flexibility index (Phi) is 7.35. The molecule has 2 heterocycles. The fraction of sp³-hybridized carbons (Fsp3) is 0.269. The highest BCUT2D eigenvalue weighted by Crippen LogP contribution is 2.37. The molecule has 1 aliphatic heterocycles. The molecule has 11 heteroatoms. The molecule has 1 saturated heterocycles. The number of carbonyl (C=O) groups is 2. The first-order chi connectivity index (χ1) is 17.4. The Hall–Kier alpha value is -3.73. The zero-order chi connectivity index (χ0) is 26.9. The molecule has 0 aliphatic carbocycles. The molecule has 0 radical (unpaired) electrons. The van der Waals surface area contributed by atoms with Crippen LogP contribution in [0.4, 0.5) is 24.5 Å². The Morgan fingerprint density at radius 2 is 1.84 bits per heavy atom. The van der Waals surface area contributed by atoms with Crippen LogP contribution in [-0.2, 0) is 26.0 Å². The van der Waals surface area contributed by atoms with Crippen LogP contribution in [0.3, 0.4) is 0 Å². The van der Waals surface area contributed by atoms with E-state index in [1.807, 2.05) is 0 Å². The first kappa shape index (κ1) is 26.3. The number of carbonyl (C=O) groups excluding carboxylic acids is 2. The summed E-state index contributed by atoms with van der Waals surface area (Å²) in [5.41, 5.74) is 0.355. The van der Waals surface area contributed by atoms with Crippen molar-refractivity contribution in [3.8, 4) is 11.1 Å². The van der Waals surface area contributed by atoms with Gasteiger partial charge in [0, 0.05) is 36.2 Å². The van der Waals surface area contributed by atoms with Gasteiger partial charge in [0.1, 0.15) is 11.6 Å². The SMILES string of the molecule is Cc1cnc(CC(=O)C[C@@H]2CCN(c3ccc(-c4ccccc4NS(C)(=O)=O)c(F)c3F)C2=O)c(F)c1. The van der Waals surface area contributed by atoms with Crippen LogP contribution in [0, 0.1) is 30.3 Å². The number of benzene rings is 2. The lowest BCUT2D eigenvalue weighted by atomic mass is 9.98. The summed E-state index contributed by atoms with van der Waals surface area (Å²) in [6.07, 6.45) is 2.20. The molecule has 1 N–H and O–H groups in total. The third kappa shape index (κ3) is 5.82. The predicted molar refractivity (Wildman–Crippen MR) is 133 cm³/mol. The summed E-state index contributed by atoms with van der Waals surface area (Å²) in [4.78, 5) is 30.5. The van der Waals surface area contributed by atoms with E-state index in [0.717, 1.165) is 11.2 Å². The van der Waals surface area contributed by atoms with Gasteiger partial charge in [0.05, 0.1) is 29.7 Å². The van der Waals surface area contributed by atoms with Crippen molar-refractivity contribution in [2.45, 2.75) is 26.2 Å². The number of aromatic nitrogens is 1. The van der Waals surface area contributed by atoms with Gasteiger partial charge in [-0.25, -0.2) is 21.6 Å². The number of aryl methyl sites for hydroxylation is 1. The van der Waals surface area contributed by atoms with E-state index in [9.17, 15) is 22.4 Å². The number of sulfonamides is 1. The second-order valence-corrected chi connectivity index (χ2v) is 10.8. The lowest BCUT2D eigenvalue weighted by Crippen LogP contribution is -2.29. The van der Waals surface area contributed by atoms with Crippen LogP contribution in [0.2, 0.25) is 0 Å². The summed E-state index contributed by atoms with van der Waals surface area (Å²) in [6.45, 7) is 1.75. The minimum absolute atomic E-state index is 0.00718. The highest BCUT2D eigenvalue weighted by molar-refractivity contribution is 7.92. The van der Waals surface area contributed by atoms with E-state index in [-0.39, 0.29) is 59.8 Å². The Labute approximate surface area is 212 Å². The van der Waals surface area contributed by atoms with Gasteiger partial charge in [-0.15, -0.1) is 0 Å². The molecule has 194 valence electrons. The number of pyridine rings is 1. The van der Waals surface area contributed by atoms with E-state index in [0.29, 0.717) is 5.56 Å². The third-order valence-electron chi connectivity index (χ3n) is 6.07. The van der Waals surface area contributed by atoms with Gasteiger partial charge >= 0.3 is 0 Å². The van der Waals surface area contributed by atoms with Crippen LogP contribution in [0.15, 0.2) is 48.7 Å². The molecular weight excluding hydrogens is 507 g/mol. The second-order valence-electron chi connectivity index (χ2n) is 9.02. The second kappa shape index (κ2) is 10.3. The smallest absolute Gasteiger partial charge is 0.230 e. The molecule has 0 saturated carbocycles. The average molecular weight is 532 g/mol. The molecule has 1 aromatic heterocycles. The van der Waals surface area contributed by atoms with Crippen molar-refractivity contribution in [1.82, 2.24) is 4.98 Å². The zero-order valence-electron chi connectivity index (χ0n) is 20.1. The van der Waals surface area contributed by atoms with Gasteiger partial charge in [-0.05, 0) is 43.2 Å². The number of nitrogens with one attached hydrogen (secondary N) is 1. The Balaban J connectivity index is 1.52. The minimum atomic E-state index is -3.67. The number of nitrogens with zero attached hydrogens (tertiary/aromatic N) is 2. The van der Waals surface area contributed by atoms with Crippen molar-refractivity contribution >= 4 is 33.1 Å². The van der Waals surface area contributed by atoms with Crippen LogP contribution in [0.1, 0.15) is 24.1 Å². The number of halogens is 3. The van der Waals surface area contributed by atoms with Gasteiger partial charge in [-0.2, -0.15) is 0 Å². The predicted octanol–water partition coefficient (Wildman–Crippen LogP) is 4.40. The van der Waals surface area contributed by atoms with Gasteiger partial charge < -0.3 is 4.90 Å². The fourth-order valence-corrected chi connectivity index (χ4v) is 4.93. The van der Waals surface area contributed by atoms with Crippen molar-refractivity contribution in [1.29, 1.82) is 0 Å². The summed E-state index contributed by atoms with van der Waals surface area (Å²) in [7, 11) is -3.67. The Morgan fingerprint density at radius 1 is 1.11 bits per heavy atom. The number of para-hydroxylation sites is 1. The molecule has 0 spiro atoms. The van der Waals surface area contributed by atoms with Crippen LogP contribution < -0.4 is 9.62 Å². The highest BCUT2D eigenvalue weighted by atomic mass is 32.2. The molecule has 7 nitrogen and oxygen atoms in total. The van der Waals surface area contributed by atoms with Gasteiger partial charge in [-0.3, -0.25) is 19.3 Å². The molecule has 1 amide bonds. The van der Waals surface area contributed by atoms with Gasteiger partial charge in [0.2, 0.25) is 15.9 Å². The summed E-state index contributed by atoms with van der Waals surface area (Å²) >= 11 is 0. The molecule has 2 aromatic carbocycles. The number of amides is 1. The topological polar surface area (TPSA) is 96.4 Å². The van der Waals surface area contributed by atoms with Crippen LogP contribution >= 0.6 is 0 Å². The molecule has 37 heavy (non-hydrogen) atoms. The number of anilines is 2. The molecule has 4 rings (SSSR count). The molecular formula is C26H24F3N3O4S. The zero-order valence-corrected chi connectivity index (χ0v) is 20.9. The molecule has 0 bridgehead atoms. The largest absolute Gasteiger partial charge is 0.309 e. The number of ketones is 1. The van der Waals surface area contributed by atoms with Crippen molar-refractivity contribution in [2.75, 3.05) is 22.4 Å². The minimum Gasteiger partial charge on any atom is -0.309 e. The van der Waals surface area contributed by atoms with E-state index < -0.39 is 39.3 Å². The lowest BCUT2D eigenvalue weighted by Gasteiger charge is -2.19. The summed E-state index contributed by atoms with van der Waals surface area (Å²) < 4.78 is 70.0. The monoisotopic (exact) mass is 531 g/mol. The highest BCUT2D eigenvalue weighted by Gasteiger charge is 2.36. The maximum absolute atomic E-state index is 15.2. The van der Waals surface area contributed by atoms with E-state index >= 15 is 8.78 Å². The normalized spacial score (nSPS) is 15.8. The quantitative estimate of drug-likeness (QED) is 0.465. The summed E-state index contributed by atoms with van der Waals surface area (Å²) in [5, 5.41) is 0. The average Bonchev–Trinajstić information content (AvgIpc) is 3.17. The van der Waals surface area contributed by atoms with Crippen LogP contribution in [0.5, 0.6) is 0 Å². The Morgan fingerprint density at radius 3 is 2.54 bits per heavy atom. The number of hydrogen-bond donors (Lipinski definition) is 1. The summed E-state index contributed by atoms with van der Waals surface area (Å²) in [5.74, 6) is -4.77. The number of Topliss-reactive ketones (excluding diaryl/α,β-unsaturated/α-hetero) is 1. The van der Waals surface area contributed by atoms with Crippen molar-refractivity contribution in [2.24, 2.45) is 5.92 Å².